The van der Waals surface area contributed by atoms with Crippen LogP contribution in [-0.4, -0.2) is 37.2 Å². The van der Waals surface area contributed by atoms with Crippen molar-refractivity contribution in [3.05, 3.63) is 64.4 Å². The standard InChI is InChI=1S/C24H33FN6O2/c1-15(19-6-7-21(25)23(9-19)33-14-16-2-3-16)30-28-11-17(10-26)8-20(27)12-31-13-22(18-4-5-18)29-24(31)32/h6-10,15-16,28,30H,2-5,11-14,26-27H2,1H3,(H,29,32)/b17-10+,20-8-. The Kier molecular flexibility index (Phi) is 7.20. The van der Waals surface area contributed by atoms with Crippen molar-refractivity contribution in [2.24, 2.45) is 17.4 Å². The van der Waals surface area contributed by atoms with E-state index in [0.717, 1.165) is 42.5 Å². The molecule has 1 aliphatic heterocycles. The molecule has 2 aliphatic carbocycles. The fraction of sp³-hybridized carbons (Fsp3) is 0.458. The van der Waals surface area contributed by atoms with Gasteiger partial charge in [-0.1, -0.05) is 6.07 Å². The average Bonchev–Trinajstić information content (AvgIpc) is 3.72. The first-order chi connectivity index (χ1) is 15.9. The molecule has 8 nitrogen and oxygen atoms in total. The summed E-state index contributed by atoms with van der Waals surface area (Å²) in [5, 5.41) is 2.91. The van der Waals surface area contributed by atoms with Crippen LogP contribution in [0.15, 0.2) is 53.0 Å². The number of benzene rings is 1. The van der Waals surface area contributed by atoms with Crippen molar-refractivity contribution >= 4 is 6.03 Å². The molecular weight excluding hydrogens is 423 g/mol. The van der Waals surface area contributed by atoms with Crippen molar-refractivity contribution in [1.82, 2.24) is 21.1 Å². The first-order valence-electron chi connectivity index (χ1n) is 11.5. The van der Waals surface area contributed by atoms with Gasteiger partial charge in [-0.25, -0.2) is 9.18 Å². The van der Waals surface area contributed by atoms with Gasteiger partial charge in [-0.2, -0.15) is 0 Å². The largest absolute Gasteiger partial charge is 0.490 e. The van der Waals surface area contributed by atoms with Crippen LogP contribution in [0.4, 0.5) is 9.18 Å². The molecule has 0 aromatic heterocycles. The highest BCUT2D eigenvalue weighted by molar-refractivity contribution is 5.80. The van der Waals surface area contributed by atoms with E-state index in [4.69, 9.17) is 16.2 Å². The molecule has 178 valence electrons. The second kappa shape index (κ2) is 10.3. The Bertz CT molecular complexity index is 979. The Balaban J connectivity index is 1.25. The summed E-state index contributed by atoms with van der Waals surface area (Å²) in [5.74, 6) is 0.503. The molecule has 0 radical (unpaired) electrons. The maximum atomic E-state index is 14.0. The molecule has 2 saturated carbocycles. The number of allylic oxidation sites excluding steroid dienone is 1. The van der Waals surface area contributed by atoms with Crippen molar-refractivity contribution in [3.63, 3.8) is 0 Å². The van der Waals surface area contributed by atoms with Crippen LogP contribution in [-0.2, 0) is 0 Å². The monoisotopic (exact) mass is 456 g/mol. The Labute approximate surface area is 193 Å². The van der Waals surface area contributed by atoms with E-state index in [1.165, 1.54) is 17.8 Å². The van der Waals surface area contributed by atoms with Gasteiger partial charge in [0, 0.05) is 24.0 Å². The number of nitrogens with zero attached hydrogens (tertiary/aromatic N) is 1. The lowest BCUT2D eigenvalue weighted by atomic mass is 10.1. The van der Waals surface area contributed by atoms with Crippen molar-refractivity contribution < 1.29 is 13.9 Å². The van der Waals surface area contributed by atoms with Crippen LogP contribution in [0.3, 0.4) is 0 Å². The summed E-state index contributed by atoms with van der Waals surface area (Å²) in [7, 11) is 0. The van der Waals surface area contributed by atoms with Gasteiger partial charge in [0.2, 0.25) is 0 Å². The first-order valence-corrected chi connectivity index (χ1v) is 11.5. The maximum Gasteiger partial charge on any atom is 0.322 e. The third kappa shape index (κ3) is 6.49. The molecule has 0 bridgehead atoms. The molecule has 3 fully saturated rings. The molecule has 4 rings (SSSR count). The quantitative estimate of drug-likeness (QED) is 0.258. The van der Waals surface area contributed by atoms with Crippen LogP contribution in [0.5, 0.6) is 5.75 Å². The van der Waals surface area contributed by atoms with Crippen LogP contribution in [0.2, 0.25) is 0 Å². The van der Waals surface area contributed by atoms with Crippen LogP contribution in [0.25, 0.3) is 0 Å². The lowest BCUT2D eigenvalue weighted by Crippen LogP contribution is -2.36. The highest BCUT2D eigenvalue weighted by Crippen LogP contribution is 2.32. The van der Waals surface area contributed by atoms with Gasteiger partial charge in [0.15, 0.2) is 11.6 Å². The second-order valence-corrected chi connectivity index (χ2v) is 8.99. The molecule has 0 spiro atoms. The van der Waals surface area contributed by atoms with Gasteiger partial charge in [0.05, 0.1) is 19.7 Å². The molecule has 1 aromatic carbocycles. The van der Waals surface area contributed by atoms with E-state index in [0.29, 0.717) is 37.9 Å². The summed E-state index contributed by atoms with van der Waals surface area (Å²) >= 11 is 0. The Hall–Kier alpha value is -3.04. The van der Waals surface area contributed by atoms with Gasteiger partial charge in [-0.15, -0.1) is 0 Å². The van der Waals surface area contributed by atoms with Gasteiger partial charge < -0.3 is 26.4 Å². The zero-order valence-electron chi connectivity index (χ0n) is 19.0. The summed E-state index contributed by atoms with van der Waals surface area (Å²) in [5.41, 5.74) is 22.8. The molecular formula is C24H33FN6O2. The molecule has 3 aliphatic rings. The van der Waals surface area contributed by atoms with E-state index in [1.807, 2.05) is 6.92 Å². The van der Waals surface area contributed by atoms with Crippen molar-refractivity contribution in [2.45, 2.75) is 38.6 Å². The van der Waals surface area contributed by atoms with Crippen molar-refractivity contribution in [2.75, 3.05) is 26.2 Å². The van der Waals surface area contributed by atoms with Gasteiger partial charge in [-0.3, -0.25) is 10.9 Å². The molecule has 9 heteroatoms. The predicted octanol–water partition coefficient (Wildman–Crippen LogP) is 2.53. The lowest BCUT2D eigenvalue weighted by Gasteiger charge is -2.18. The average molecular weight is 457 g/mol. The molecule has 1 aromatic rings. The second-order valence-electron chi connectivity index (χ2n) is 8.99. The number of nitrogens with one attached hydrogen (secondary N) is 3. The molecule has 1 atom stereocenters. The number of hydrogen-bond acceptors (Lipinski definition) is 6. The highest BCUT2D eigenvalue weighted by Gasteiger charge is 2.29. The van der Waals surface area contributed by atoms with Gasteiger partial charge in [0.1, 0.15) is 0 Å². The summed E-state index contributed by atoms with van der Waals surface area (Å²) in [6.45, 7) is 3.87. The summed E-state index contributed by atoms with van der Waals surface area (Å²) in [6, 6.07) is 4.70. The van der Waals surface area contributed by atoms with E-state index in [1.54, 1.807) is 23.1 Å². The fourth-order valence-corrected chi connectivity index (χ4v) is 3.65. The number of ether oxygens (including phenoxy) is 1. The molecule has 2 amide bonds. The minimum absolute atomic E-state index is 0.0867. The topological polar surface area (TPSA) is 118 Å². The van der Waals surface area contributed by atoms with Crippen LogP contribution >= 0.6 is 0 Å². The summed E-state index contributed by atoms with van der Waals surface area (Å²) in [4.78, 5) is 13.8. The number of hydrogen-bond donors (Lipinski definition) is 5. The third-order valence-corrected chi connectivity index (χ3v) is 6.02. The minimum Gasteiger partial charge on any atom is -0.490 e. The third-order valence-electron chi connectivity index (χ3n) is 6.02. The SMILES string of the molecule is CC(NNCC(/C=C(\N)CN1CC(=C2CC2)NC1=O)=C/N)c1ccc(F)c(OCC2CC2)c1. The molecule has 1 unspecified atom stereocenters. The number of nitrogens with two attached hydrogens (primary N) is 2. The normalized spacial score (nSPS) is 19.7. The summed E-state index contributed by atoms with van der Waals surface area (Å²) in [6.07, 6.45) is 7.70. The number of urea groups is 1. The van der Waals surface area contributed by atoms with Gasteiger partial charge in [0.25, 0.3) is 0 Å². The van der Waals surface area contributed by atoms with E-state index in [-0.39, 0.29) is 23.6 Å². The van der Waals surface area contributed by atoms with Gasteiger partial charge >= 0.3 is 6.03 Å². The predicted molar refractivity (Wildman–Crippen MR) is 125 cm³/mol. The number of amides is 2. The van der Waals surface area contributed by atoms with Crippen LogP contribution in [0, 0.1) is 11.7 Å². The molecule has 1 heterocycles. The summed E-state index contributed by atoms with van der Waals surface area (Å²) < 4.78 is 19.7. The van der Waals surface area contributed by atoms with Crippen molar-refractivity contribution in [1.29, 1.82) is 0 Å². The maximum absolute atomic E-state index is 14.0. The Morgan fingerprint density at radius 1 is 1.39 bits per heavy atom. The van der Waals surface area contributed by atoms with E-state index in [2.05, 4.69) is 16.2 Å². The molecule has 1 saturated heterocycles. The molecule has 7 N–H and O–H groups in total. The Morgan fingerprint density at radius 2 is 2.18 bits per heavy atom. The smallest absolute Gasteiger partial charge is 0.322 e. The van der Waals surface area contributed by atoms with Crippen LogP contribution in [0.1, 0.15) is 44.2 Å². The Morgan fingerprint density at radius 3 is 2.88 bits per heavy atom. The number of carbonyl (C=O) groups is 1. The minimum atomic E-state index is -0.347. The number of rotatable bonds is 11. The number of hydrazine groups is 1. The zero-order valence-corrected chi connectivity index (χ0v) is 19.0. The fourth-order valence-electron chi connectivity index (χ4n) is 3.65. The van der Waals surface area contributed by atoms with Crippen molar-refractivity contribution in [3.8, 4) is 5.75 Å². The van der Waals surface area contributed by atoms with E-state index < -0.39 is 0 Å². The van der Waals surface area contributed by atoms with Gasteiger partial charge in [-0.05, 0) is 79.6 Å². The number of carbonyl (C=O) groups excluding carboxylic acids is 1. The highest BCUT2D eigenvalue weighted by atomic mass is 19.1. The molecule has 33 heavy (non-hydrogen) atoms. The van der Waals surface area contributed by atoms with E-state index in [9.17, 15) is 9.18 Å². The zero-order chi connectivity index (χ0) is 23.4. The number of halogens is 1. The van der Waals surface area contributed by atoms with E-state index >= 15 is 0 Å². The first kappa shape index (κ1) is 23.1. The van der Waals surface area contributed by atoms with Crippen LogP contribution < -0.4 is 32.4 Å². The lowest BCUT2D eigenvalue weighted by molar-refractivity contribution is 0.220.